The van der Waals surface area contributed by atoms with Crippen LogP contribution in [0.4, 0.5) is 5.69 Å². The Bertz CT molecular complexity index is 684. The molecule has 2 rings (SSSR count). The maximum Gasteiger partial charge on any atom is 0.338 e. The third kappa shape index (κ3) is 5.43. The highest BCUT2D eigenvalue weighted by Crippen LogP contribution is 2.29. The summed E-state index contributed by atoms with van der Waals surface area (Å²) in [4.78, 5) is 14.9. The second kappa shape index (κ2) is 10.3. The number of rotatable bonds is 9. The van der Waals surface area contributed by atoms with Crippen LogP contribution in [0.1, 0.15) is 39.3 Å². The molecule has 0 aliphatic carbocycles. The average Bonchev–Trinajstić information content (AvgIpc) is 2.66. The minimum Gasteiger partial charge on any atom is -0.460 e. The fourth-order valence-electron chi connectivity index (χ4n) is 3.10. The monoisotopic (exact) mass is 391 g/mol. The third-order valence-electron chi connectivity index (χ3n) is 4.51. The van der Waals surface area contributed by atoms with Crippen molar-refractivity contribution in [2.24, 2.45) is 0 Å². The summed E-state index contributed by atoms with van der Waals surface area (Å²) in [6.07, 6.45) is 0. The summed E-state index contributed by atoms with van der Waals surface area (Å²) in [5.74, 6) is -0.368. The number of benzene rings is 1. The molecule has 2 N–H and O–H groups in total. The summed E-state index contributed by atoms with van der Waals surface area (Å²) in [7, 11) is 0. The Morgan fingerprint density at radius 2 is 1.81 bits per heavy atom. The van der Waals surface area contributed by atoms with Crippen LogP contribution in [0.2, 0.25) is 0 Å². The summed E-state index contributed by atoms with van der Waals surface area (Å²) in [5.41, 5.74) is 3.36. The summed E-state index contributed by atoms with van der Waals surface area (Å²) in [6, 6.07) is 7.86. The van der Waals surface area contributed by atoms with Crippen LogP contribution in [0.15, 0.2) is 35.5 Å². The van der Waals surface area contributed by atoms with E-state index in [1.165, 1.54) is 0 Å². The molecular weight excluding hydrogens is 362 g/mol. The van der Waals surface area contributed by atoms with Gasteiger partial charge in [0.05, 0.1) is 18.2 Å². The summed E-state index contributed by atoms with van der Waals surface area (Å²) >= 11 is 5.29. The van der Waals surface area contributed by atoms with Crippen molar-refractivity contribution in [1.29, 1.82) is 0 Å². The highest BCUT2D eigenvalue weighted by Gasteiger charge is 2.31. The van der Waals surface area contributed by atoms with Crippen LogP contribution in [-0.2, 0) is 14.3 Å². The van der Waals surface area contributed by atoms with Crippen molar-refractivity contribution in [2.45, 2.75) is 33.7 Å². The zero-order valence-electron chi connectivity index (χ0n) is 16.5. The highest BCUT2D eigenvalue weighted by molar-refractivity contribution is 7.80. The molecule has 1 aliphatic rings. The van der Waals surface area contributed by atoms with Crippen molar-refractivity contribution in [2.75, 3.05) is 37.8 Å². The Hall–Kier alpha value is -2.12. The standard InChI is InChI=1S/C20H29N3O3S/c1-5-23(6-2)16-10-8-15(9-11-16)18-17(14(4)21-20(27)22-18)19(24)26-13-12-25-7-3/h8-11,18H,5-7,12-13H2,1-4H3,(H2,21,22,27)/t18-/m1/s1. The smallest absolute Gasteiger partial charge is 0.338 e. The molecule has 0 fully saturated rings. The van der Waals surface area contributed by atoms with Crippen molar-refractivity contribution in [3.8, 4) is 0 Å². The highest BCUT2D eigenvalue weighted by atomic mass is 32.1. The largest absolute Gasteiger partial charge is 0.460 e. The summed E-state index contributed by atoms with van der Waals surface area (Å²) < 4.78 is 10.6. The number of allylic oxidation sites excluding steroid dienone is 1. The van der Waals surface area contributed by atoms with Gasteiger partial charge in [0.15, 0.2) is 5.11 Å². The number of hydrogen-bond acceptors (Lipinski definition) is 5. The SMILES string of the molecule is CCOCCOC(=O)C1=C(C)NC(=S)N[C@@H]1c1ccc(N(CC)CC)cc1. The maximum atomic E-state index is 12.7. The molecular formula is C20H29N3O3S. The van der Waals surface area contributed by atoms with Gasteiger partial charge in [-0.1, -0.05) is 12.1 Å². The number of carbonyl (C=O) groups excluding carboxylic acids is 1. The van der Waals surface area contributed by atoms with E-state index >= 15 is 0 Å². The van der Waals surface area contributed by atoms with Crippen LogP contribution in [0.5, 0.6) is 0 Å². The molecule has 148 valence electrons. The Morgan fingerprint density at radius 3 is 2.41 bits per heavy atom. The van der Waals surface area contributed by atoms with Gasteiger partial charge in [-0.3, -0.25) is 0 Å². The summed E-state index contributed by atoms with van der Waals surface area (Å²) in [5, 5.41) is 6.70. The quantitative estimate of drug-likeness (QED) is 0.381. The fraction of sp³-hybridized carbons (Fsp3) is 0.500. The first-order chi connectivity index (χ1) is 13.0. The van der Waals surface area contributed by atoms with Crippen LogP contribution in [0.3, 0.4) is 0 Å². The van der Waals surface area contributed by atoms with Gasteiger partial charge in [0.2, 0.25) is 0 Å². The van der Waals surface area contributed by atoms with Gasteiger partial charge >= 0.3 is 5.97 Å². The minimum absolute atomic E-state index is 0.224. The Balaban J connectivity index is 2.22. The first-order valence-electron chi connectivity index (χ1n) is 9.39. The lowest BCUT2D eigenvalue weighted by atomic mass is 9.95. The third-order valence-corrected chi connectivity index (χ3v) is 4.73. The van der Waals surface area contributed by atoms with Gasteiger partial charge in [-0.25, -0.2) is 4.79 Å². The molecule has 0 spiro atoms. The molecule has 1 aromatic rings. The zero-order chi connectivity index (χ0) is 19.8. The molecule has 27 heavy (non-hydrogen) atoms. The normalized spacial score (nSPS) is 16.6. The Morgan fingerprint density at radius 1 is 1.15 bits per heavy atom. The van der Waals surface area contributed by atoms with Crippen molar-refractivity contribution < 1.29 is 14.3 Å². The lowest BCUT2D eigenvalue weighted by Crippen LogP contribution is -2.45. The van der Waals surface area contributed by atoms with E-state index in [1.807, 2.05) is 26.0 Å². The van der Waals surface area contributed by atoms with Gasteiger partial charge in [-0.2, -0.15) is 0 Å². The van der Waals surface area contributed by atoms with Crippen molar-refractivity contribution in [3.63, 3.8) is 0 Å². The minimum atomic E-state index is -0.368. The van der Waals surface area contributed by atoms with Crippen LogP contribution >= 0.6 is 12.2 Å². The van der Waals surface area contributed by atoms with E-state index in [0.717, 1.165) is 24.3 Å². The predicted octanol–water partition coefficient (Wildman–Crippen LogP) is 2.91. The topological polar surface area (TPSA) is 62.8 Å². The first-order valence-corrected chi connectivity index (χ1v) is 9.80. The fourth-order valence-corrected chi connectivity index (χ4v) is 3.37. The molecule has 0 saturated carbocycles. The lowest BCUT2D eigenvalue weighted by molar-refractivity contribution is -0.141. The van der Waals surface area contributed by atoms with Gasteiger partial charge < -0.3 is 25.0 Å². The number of ether oxygens (including phenoxy) is 2. The van der Waals surface area contributed by atoms with Crippen LogP contribution in [0, 0.1) is 0 Å². The van der Waals surface area contributed by atoms with E-state index in [2.05, 4.69) is 41.5 Å². The molecule has 0 aromatic heterocycles. The van der Waals surface area contributed by atoms with E-state index in [4.69, 9.17) is 21.7 Å². The number of carbonyl (C=O) groups is 1. The average molecular weight is 392 g/mol. The molecule has 0 radical (unpaired) electrons. The first kappa shape index (κ1) is 21.2. The van der Waals surface area contributed by atoms with Crippen LogP contribution in [-0.4, -0.2) is 44.0 Å². The molecule has 0 unspecified atom stereocenters. The van der Waals surface area contributed by atoms with Gasteiger partial charge in [0, 0.05) is 31.1 Å². The van der Waals surface area contributed by atoms with Gasteiger partial charge in [-0.05, 0) is 57.6 Å². The number of hydrogen-bond donors (Lipinski definition) is 2. The van der Waals surface area contributed by atoms with E-state index < -0.39 is 0 Å². The molecule has 1 heterocycles. The molecule has 7 heteroatoms. The molecule has 1 aliphatic heterocycles. The zero-order valence-corrected chi connectivity index (χ0v) is 17.3. The molecule has 0 bridgehead atoms. The van der Waals surface area contributed by atoms with Gasteiger partial charge in [0.1, 0.15) is 6.61 Å². The van der Waals surface area contributed by atoms with E-state index in [-0.39, 0.29) is 18.6 Å². The van der Waals surface area contributed by atoms with E-state index in [0.29, 0.717) is 29.6 Å². The van der Waals surface area contributed by atoms with E-state index in [1.54, 1.807) is 0 Å². The van der Waals surface area contributed by atoms with Crippen molar-refractivity contribution >= 4 is 29.0 Å². The van der Waals surface area contributed by atoms with Crippen molar-refractivity contribution in [3.05, 3.63) is 41.1 Å². The molecule has 0 amide bonds. The van der Waals surface area contributed by atoms with Crippen LogP contribution in [0.25, 0.3) is 0 Å². The van der Waals surface area contributed by atoms with Gasteiger partial charge in [0.25, 0.3) is 0 Å². The van der Waals surface area contributed by atoms with Crippen LogP contribution < -0.4 is 15.5 Å². The van der Waals surface area contributed by atoms with E-state index in [9.17, 15) is 4.79 Å². The number of thiocarbonyl (C=S) groups is 1. The number of esters is 1. The van der Waals surface area contributed by atoms with Crippen molar-refractivity contribution in [1.82, 2.24) is 10.6 Å². The number of nitrogens with zero attached hydrogens (tertiary/aromatic N) is 1. The molecule has 1 atom stereocenters. The Labute approximate surface area is 166 Å². The molecule has 0 saturated heterocycles. The maximum absolute atomic E-state index is 12.7. The molecule has 1 aromatic carbocycles. The number of anilines is 1. The summed E-state index contributed by atoms with van der Waals surface area (Å²) in [6.45, 7) is 11.1. The molecule has 6 nitrogen and oxygen atoms in total. The number of nitrogens with one attached hydrogen (secondary N) is 2. The lowest BCUT2D eigenvalue weighted by Gasteiger charge is -2.30. The second-order valence-corrected chi connectivity index (χ2v) is 6.58. The Kier molecular flexibility index (Phi) is 8.06. The predicted molar refractivity (Wildman–Crippen MR) is 112 cm³/mol. The van der Waals surface area contributed by atoms with Gasteiger partial charge in [-0.15, -0.1) is 0 Å². The second-order valence-electron chi connectivity index (χ2n) is 6.17.